The molecule has 29 heavy (non-hydrogen) atoms. The fourth-order valence-corrected chi connectivity index (χ4v) is 2.19. The number of nitrogens with zero attached hydrogens (tertiary/aromatic N) is 4. The monoisotopic (exact) mass is 410 g/mol. The van der Waals surface area contributed by atoms with Crippen molar-refractivity contribution in [2.75, 3.05) is 11.1 Å². The van der Waals surface area contributed by atoms with Crippen molar-refractivity contribution < 1.29 is 13.2 Å². The van der Waals surface area contributed by atoms with Crippen molar-refractivity contribution in [2.45, 2.75) is 53.3 Å². The summed E-state index contributed by atoms with van der Waals surface area (Å²) < 4.78 is 38.4. The lowest BCUT2D eigenvalue weighted by Gasteiger charge is -2.20. The summed E-state index contributed by atoms with van der Waals surface area (Å²) in [6, 6.07) is 3.64. The van der Waals surface area contributed by atoms with Crippen LogP contribution in [0.3, 0.4) is 0 Å². The number of anilines is 2. The van der Waals surface area contributed by atoms with Gasteiger partial charge in [-0.1, -0.05) is 46.8 Å². The van der Waals surface area contributed by atoms with E-state index in [9.17, 15) is 13.2 Å². The minimum atomic E-state index is -4.54. The van der Waals surface area contributed by atoms with Crippen LogP contribution < -0.4 is 11.1 Å². The molecule has 3 N–H and O–H groups in total. The maximum atomic E-state index is 12.8. The number of alkyl halides is 3. The molecule has 0 bridgehead atoms. The molecule has 0 radical (unpaired) electrons. The van der Waals surface area contributed by atoms with Gasteiger partial charge < -0.3 is 11.1 Å². The topological polar surface area (TPSA) is 89.6 Å². The third-order valence-electron chi connectivity index (χ3n) is 3.95. The van der Waals surface area contributed by atoms with E-state index in [0.717, 1.165) is 12.5 Å². The van der Waals surface area contributed by atoms with Gasteiger partial charge in [-0.25, -0.2) is 4.98 Å². The number of nitrogen functional groups attached to an aromatic ring is 1. The first-order valence-electron chi connectivity index (χ1n) is 9.43. The Hall–Kier alpha value is -2.71. The number of pyridine rings is 1. The Kier molecular flexibility index (Phi) is 9.00. The Labute approximate surface area is 169 Å². The molecule has 0 spiro atoms. The Balaban J connectivity index is 0.000000749. The van der Waals surface area contributed by atoms with Crippen LogP contribution in [-0.2, 0) is 6.18 Å². The number of halogens is 3. The molecule has 160 valence electrons. The lowest BCUT2D eigenvalue weighted by molar-refractivity contribution is -0.141. The molecule has 2 aromatic rings. The smallest absolute Gasteiger partial charge is 0.368 e. The van der Waals surface area contributed by atoms with Gasteiger partial charge in [0.2, 0.25) is 11.9 Å². The van der Waals surface area contributed by atoms with E-state index in [0.29, 0.717) is 11.8 Å². The molecule has 2 rings (SSSR count). The van der Waals surface area contributed by atoms with Crippen LogP contribution in [-0.4, -0.2) is 26.0 Å². The van der Waals surface area contributed by atoms with E-state index in [2.05, 4.69) is 45.7 Å². The molecule has 0 unspecified atom stereocenters. The van der Waals surface area contributed by atoms with E-state index in [1.165, 1.54) is 12.1 Å². The zero-order valence-corrected chi connectivity index (χ0v) is 17.5. The molecule has 1 atom stereocenters. The first kappa shape index (κ1) is 24.3. The van der Waals surface area contributed by atoms with E-state index in [1.807, 2.05) is 26.8 Å². The van der Waals surface area contributed by atoms with Gasteiger partial charge >= 0.3 is 6.18 Å². The summed E-state index contributed by atoms with van der Waals surface area (Å²) in [7, 11) is 0. The summed E-state index contributed by atoms with van der Waals surface area (Å²) in [6.45, 7) is 13.9. The number of aromatic nitrogens is 4. The Morgan fingerprint density at radius 1 is 1.10 bits per heavy atom. The van der Waals surface area contributed by atoms with Gasteiger partial charge in [0.25, 0.3) is 0 Å². The molecule has 0 aliphatic rings. The molecule has 6 nitrogen and oxygen atoms in total. The highest BCUT2D eigenvalue weighted by atomic mass is 19.4. The largest absolute Gasteiger partial charge is 0.433 e. The van der Waals surface area contributed by atoms with E-state index >= 15 is 0 Å². The Morgan fingerprint density at radius 3 is 2.21 bits per heavy atom. The molecule has 0 aromatic carbocycles. The van der Waals surface area contributed by atoms with Crippen molar-refractivity contribution in [3.8, 4) is 11.5 Å². The number of nitrogens with one attached hydrogen (secondary N) is 1. The van der Waals surface area contributed by atoms with E-state index < -0.39 is 11.9 Å². The predicted octanol–water partition coefficient (Wildman–Crippen LogP) is 5.21. The molecule has 0 saturated carbocycles. The third kappa shape index (κ3) is 8.05. The molecule has 2 heterocycles. The van der Waals surface area contributed by atoms with E-state index in [4.69, 9.17) is 5.73 Å². The summed E-state index contributed by atoms with van der Waals surface area (Å²) in [5.41, 5.74) is 4.64. The molecule has 2 aromatic heterocycles. The van der Waals surface area contributed by atoms with Crippen LogP contribution in [0.1, 0.15) is 46.7 Å². The predicted molar refractivity (Wildman–Crippen MR) is 110 cm³/mol. The van der Waals surface area contributed by atoms with Gasteiger partial charge in [-0.05, 0) is 30.4 Å². The van der Waals surface area contributed by atoms with Gasteiger partial charge in [-0.3, -0.25) is 0 Å². The molecule has 0 aliphatic carbocycles. The Morgan fingerprint density at radius 2 is 1.72 bits per heavy atom. The molecule has 0 fully saturated rings. The number of nitrogens with two attached hydrogens (primary N) is 1. The summed E-state index contributed by atoms with van der Waals surface area (Å²) in [6.07, 6.45) is -1.79. The zero-order chi connectivity index (χ0) is 22.2. The quantitative estimate of drug-likeness (QED) is 0.636. The summed E-state index contributed by atoms with van der Waals surface area (Å²) in [4.78, 5) is 15.6. The standard InChI is InChI=1S/C15H19F3N6.C5H10/c1-4-9(8(2)3)21-14-23-12(22-13(19)24-14)10-6-5-7-11(20-10)15(16,17)18;1-4-5(2)3/h5-9H,4H2,1-3H3,(H3,19,21,22,23,24);4-5H,1H2,2-3H3/t9-;/m0./s1. The maximum absolute atomic E-state index is 12.8. The molecular weight excluding hydrogens is 381 g/mol. The average Bonchev–Trinajstić information content (AvgIpc) is 2.65. The minimum Gasteiger partial charge on any atom is -0.368 e. The van der Waals surface area contributed by atoms with Crippen molar-refractivity contribution in [3.63, 3.8) is 0 Å². The highest BCUT2D eigenvalue weighted by Gasteiger charge is 2.32. The van der Waals surface area contributed by atoms with Crippen LogP contribution in [0, 0.1) is 11.8 Å². The van der Waals surface area contributed by atoms with Crippen LogP contribution >= 0.6 is 0 Å². The highest BCUT2D eigenvalue weighted by molar-refractivity contribution is 5.53. The number of allylic oxidation sites excluding steroid dienone is 1. The van der Waals surface area contributed by atoms with Crippen LogP contribution in [0.4, 0.5) is 25.1 Å². The SMILES string of the molecule is C=CC(C)C.CC[C@H](Nc1nc(N)nc(-c2cccc(C(F)(F)F)n2)n1)C(C)C. The average molecular weight is 410 g/mol. The van der Waals surface area contributed by atoms with E-state index in [-0.39, 0.29) is 29.5 Å². The number of hydrogen-bond acceptors (Lipinski definition) is 6. The van der Waals surface area contributed by atoms with Crippen LogP contribution in [0.2, 0.25) is 0 Å². The lowest BCUT2D eigenvalue weighted by Crippen LogP contribution is -2.26. The van der Waals surface area contributed by atoms with Crippen molar-refractivity contribution in [1.82, 2.24) is 19.9 Å². The van der Waals surface area contributed by atoms with Crippen LogP contribution in [0.15, 0.2) is 30.9 Å². The zero-order valence-electron chi connectivity index (χ0n) is 17.5. The van der Waals surface area contributed by atoms with Gasteiger partial charge in [0.05, 0.1) is 0 Å². The normalized spacial score (nSPS) is 12.3. The fraction of sp³-hybridized carbons (Fsp3) is 0.500. The van der Waals surface area contributed by atoms with Crippen LogP contribution in [0.5, 0.6) is 0 Å². The molecule has 9 heteroatoms. The Bertz CT molecular complexity index is 790. The molecular formula is C20H29F3N6. The number of hydrogen-bond donors (Lipinski definition) is 2. The summed E-state index contributed by atoms with van der Waals surface area (Å²) >= 11 is 0. The van der Waals surface area contributed by atoms with Gasteiger partial charge in [-0.2, -0.15) is 28.1 Å². The van der Waals surface area contributed by atoms with Crippen molar-refractivity contribution in [2.24, 2.45) is 11.8 Å². The second kappa shape index (κ2) is 10.7. The fourth-order valence-electron chi connectivity index (χ4n) is 2.19. The van der Waals surface area contributed by atoms with Crippen molar-refractivity contribution in [1.29, 1.82) is 0 Å². The van der Waals surface area contributed by atoms with Crippen molar-refractivity contribution in [3.05, 3.63) is 36.5 Å². The maximum Gasteiger partial charge on any atom is 0.433 e. The van der Waals surface area contributed by atoms with Crippen molar-refractivity contribution >= 4 is 11.9 Å². The van der Waals surface area contributed by atoms with Gasteiger partial charge in [0.1, 0.15) is 11.4 Å². The first-order chi connectivity index (χ1) is 13.5. The second-order valence-electron chi connectivity index (χ2n) is 7.13. The van der Waals surface area contributed by atoms with E-state index in [1.54, 1.807) is 0 Å². The molecule has 0 saturated heterocycles. The first-order valence-corrected chi connectivity index (χ1v) is 9.43. The van der Waals surface area contributed by atoms with Gasteiger partial charge in [-0.15, -0.1) is 6.58 Å². The summed E-state index contributed by atoms with van der Waals surface area (Å²) in [5, 5.41) is 3.13. The lowest BCUT2D eigenvalue weighted by atomic mass is 10.0. The highest BCUT2D eigenvalue weighted by Crippen LogP contribution is 2.29. The molecule has 0 aliphatic heterocycles. The van der Waals surface area contributed by atoms with Crippen LogP contribution in [0.25, 0.3) is 11.5 Å². The summed E-state index contributed by atoms with van der Waals surface area (Å²) in [5.74, 6) is 1.10. The van der Waals surface area contributed by atoms with Gasteiger partial charge in [0.15, 0.2) is 5.82 Å². The molecule has 0 amide bonds. The third-order valence-corrected chi connectivity index (χ3v) is 3.95. The van der Waals surface area contributed by atoms with Gasteiger partial charge in [0, 0.05) is 6.04 Å². The second-order valence-corrected chi connectivity index (χ2v) is 7.13. The minimum absolute atomic E-state index is 0.00490. The number of rotatable bonds is 6.